The molecule has 26 heavy (non-hydrogen) atoms. The summed E-state index contributed by atoms with van der Waals surface area (Å²) in [6.07, 6.45) is 1.28. The minimum Gasteiger partial charge on any atom is -0.496 e. The highest BCUT2D eigenvalue weighted by molar-refractivity contribution is 7.95. The normalized spacial score (nSPS) is 12.3. The lowest BCUT2D eigenvalue weighted by atomic mass is 10.2. The first kappa shape index (κ1) is 20.5. The summed E-state index contributed by atoms with van der Waals surface area (Å²) in [5.41, 5.74) is 0.202. The number of hydrogen-bond donors (Lipinski definition) is 2. The quantitative estimate of drug-likeness (QED) is 0.721. The number of halogens is 2. The molecule has 11 heteroatoms. The number of nitrogens with one attached hydrogen (secondary N) is 1. The van der Waals surface area contributed by atoms with Gasteiger partial charge in [-0.05, 0) is 42.5 Å². The van der Waals surface area contributed by atoms with Crippen LogP contribution in [0, 0.1) is 0 Å². The predicted molar refractivity (Wildman–Crippen MR) is 102 cm³/mol. The minimum absolute atomic E-state index is 0.137. The Bertz CT molecular complexity index is 1070. The molecule has 0 bridgehead atoms. The van der Waals surface area contributed by atoms with Crippen molar-refractivity contribution in [1.82, 2.24) is 0 Å². The van der Waals surface area contributed by atoms with Crippen molar-refractivity contribution in [2.75, 3.05) is 11.8 Å². The molecule has 0 atom stereocenters. The van der Waals surface area contributed by atoms with Gasteiger partial charge in [0.2, 0.25) is 10.0 Å². The van der Waals surface area contributed by atoms with Crippen LogP contribution in [0.3, 0.4) is 0 Å². The van der Waals surface area contributed by atoms with Crippen LogP contribution >= 0.6 is 23.2 Å². The van der Waals surface area contributed by atoms with Crippen molar-refractivity contribution in [3.05, 3.63) is 57.4 Å². The number of hydrogen-bond acceptors (Lipinski definition) is 5. The van der Waals surface area contributed by atoms with Crippen LogP contribution in [0.4, 0.5) is 5.69 Å². The van der Waals surface area contributed by atoms with Crippen LogP contribution in [0.25, 0.3) is 6.08 Å². The van der Waals surface area contributed by atoms with Gasteiger partial charge in [-0.2, -0.15) is 0 Å². The second kappa shape index (κ2) is 7.85. The lowest BCUT2D eigenvalue weighted by Crippen LogP contribution is -2.17. The van der Waals surface area contributed by atoms with Crippen molar-refractivity contribution in [3.63, 3.8) is 0 Å². The van der Waals surface area contributed by atoms with Gasteiger partial charge >= 0.3 is 0 Å². The zero-order chi connectivity index (χ0) is 19.5. The number of methoxy groups -OCH3 is 1. The molecule has 0 saturated heterocycles. The molecule has 0 spiro atoms. The zero-order valence-corrected chi connectivity index (χ0v) is 16.5. The fourth-order valence-electron chi connectivity index (χ4n) is 2.00. The Labute approximate surface area is 161 Å². The summed E-state index contributed by atoms with van der Waals surface area (Å²) in [4.78, 5) is -0.400. The molecular weight excluding hydrogens is 423 g/mol. The molecule has 2 rings (SSSR count). The zero-order valence-electron chi connectivity index (χ0n) is 13.3. The first-order valence-corrected chi connectivity index (χ1v) is 10.7. The third kappa shape index (κ3) is 5.36. The number of primary sulfonamides is 1. The maximum atomic E-state index is 12.3. The Morgan fingerprint density at radius 1 is 1.04 bits per heavy atom. The van der Waals surface area contributed by atoms with E-state index < -0.39 is 24.9 Å². The van der Waals surface area contributed by atoms with E-state index in [1.54, 1.807) is 12.1 Å². The fourth-order valence-corrected chi connectivity index (χ4v) is 3.95. The first-order chi connectivity index (χ1) is 12.0. The molecule has 7 nitrogen and oxygen atoms in total. The molecule has 0 radical (unpaired) electrons. The van der Waals surface area contributed by atoms with E-state index in [0.717, 1.165) is 17.5 Å². The molecule has 140 valence electrons. The molecule has 0 fully saturated rings. The Balaban J connectivity index is 2.38. The van der Waals surface area contributed by atoms with Gasteiger partial charge < -0.3 is 4.74 Å². The summed E-state index contributed by atoms with van der Waals surface area (Å²) < 4.78 is 55.0. The van der Waals surface area contributed by atoms with Crippen LogP contribution in [-0.4, -0.2) is 23.9 Å². The standard InChI is InChI=1S/C15H14Cl2N2O5S2/c1-24-14-9-12(17)3-2-10(14)6-7-25(20,21)19-13-8-11(16)4-5-15(13)26(18,22)23/h2-9,19H,1H3,(H2,18,22,23). The number of anilines is 1. The third-order valence-corrected chi connectivity index (χ3v) is 5.56. The summed E-state index contributed by atoms with van der Waals surface area (Å²) in [5.74, 6) is 0.372. The molecule has 2 aromatic rings. The van der Waals surface area contributed by atoms with Gasteiger partial charge in [0.05, 0.1) is 18.2 Å². The molecule has 0 aliphatic carbocycles. The van der Waals surface area contributed by atoms with E-state index in [4.69, 9.17) is 33.1 Å². The molecule has 0 aliphatic rings. The van der Waals surface area contributed by atoms with Crippen molar-refractivity contribution in [2.24, 2.45) is 5.14 Å². The summed E-state index contributed by atoms with van der Waals surface area (Å²) in [5, 5.41) is 6.51. The monoisotopic (exact) mass is 436 g/mol. The molecular formula is C15H14Cl2N2O5S2. The topological polar surface area (TPSA) is 116 Å². The average molecular weight is 437 g/mol. The Morgan fingerprint density at radius 2 is 1.65 bits per heavy atom. The van der Waals surface area contributed by atoms with Gasteiger partial charge in [-0.25, -0.2) is 22.0 Å². The highest BCUT2D eigenvalue weighted by atomic mass is 35.5. The SMILES string of the molecule is COc1cc(Cl)ccc1C=CS(=O)(=O)Nc1cc(Cl)ccc1S(N)(=O)=O. The lowest BCUT2D eigenvalue weighted by Gasteiger charge is -2.10. The summed E-state index contributed by atoms with van der Waals surface area (Å²) in [6.45, 7) is 0. The molecule has 0 unspecified atom stereocenters. The van der Waals surface area contributed by atoms with E-state index in [2.05, 4.69) is 4.72 Å². The minimum atomic E-state index is -4.15. The van der Waals surface area contributed by atoms with E-state index >= 15 is 0 Å². The van der Waals surface area contributed by atoms with Gasteiger partial charge in [0.25, 0.3) is 10.0 Å². The van der Waals surface area contributed by atoms with Crippen LogP contribution in [0.2, 0.25) is 10.0 Å². The molecule has 0 heterocycles. The largest absolute Gasteiger partial charge is 0.496 e. The van der Waals surface area contributed by atoms with Crippen molar-refractivity contribution < 1.29 is 21.6 Å². The highest BCUT2D eigenvalue weighted by Gasteiger charge is 2.18. The van der Waals surface area contributed by atoms with Crippen molar-refractivity contribution in [2.45, 2.75) is 4.90 Å². The van der Waals surface area contributed by atoms with Gasteiger partial charge in [0.1, 0.15) is 10.6 Å². The number of rotatable bonds is 6. The van der Waals surface area contributed by atoms with Crippen LogP contribution in [0.1, 0.15) is 5.56 Å². The molecule has 2 aromatic carbocycles. The molecule has 3 N–H and O–H groups in total. The van der Waals surface area contributed by atoms with Crippen molar-refractivity contribution in [3.8, 4) is 5.75 Å². The predicted octanol–water partition coefficient (Wildman–Crippen LogP) is 3.06. The van der Waals surface area contributed by atoms with Crippen molar-refractivity contribution in [1.29, 1.82) is 0 Å². The third-order valence-electron chi connectivity index (χ3n) is 3.12. The van der Waals surface area contributed by atoms with Gasteiger partial charge in [-0.15, -0.1) is 0 Å². The van der Waals surface area contributed by atoms with Gasteiger partial charge in [0.15, 0.2) is 0 Å². The smallest absolute Gasteiger partial charge is 0.255 e. The van der Waals surface area contributed by atoms with Crippen LogP contribution in [0.15, 0.2) is 46.7 Å². The lowest BCUT2D eigenvalue weighted by molar-refractivity contribution is 0.414. The molecule has 0 saturated carbocycles. The summed E-state index contributed by atoms with van der Waals surface area (Å²) in [7, 11) is -6.80. The van der Waals surface area contributed by atoms with E-state index in [1.165, 1.54) is 25.3 Å². The Hall–Kier alpha value is -1.78. The number of nitrogens with two attached hydrogens (primary N) is 1. The van der Waals surface area contributed by atoms with E-state index in [9.17, 15) is 16.8 Å². The summed E-state index contributed by atoms with van der Waals surface area (Å²) in [6, 6.07) is 8.21. The highest BCUT2D eigenvalue weighted by Crippen LogP contribution is 2.27. The molecule has 0 aliphatic heterocycles. The maximum Gasteiger partial charge on any atom is 0.255 e. The Morgan fingerprint density at radius 3 is 2.27 bits per heavy atom. The number of benzene rings is 2. The van der Waals surface area contributed by atoms with Gasteiger partial charge in [0, 0.05) is 15.6 Å². The summed E-state index contributed by atoms with van der Waals surface area (Å²) >= 11 is 11.7. The fraction of sp³-hybridized carbons (Fsp3) is 0.0667. The molecule has 0 amide bonds. The van der Waals surface area contributed by atoms with Crippen LogP contribution in [-0.2, 0) is 20.0 Å². The van der Waals surface area contributed by atoms with E-state index in [1.807, 2.05) is 0 Å². The van der Waals surface area contributed by atoms with Gasteiger partial charge in [-0.1, -0.05) is 23.2 Å². The van der Waals surface area contributed by atoms with Crippen LogP contribution in [0.5, 0.6) is 5.75 Å². The van der Waals surface area contributed by atoms with Crippen molar-refractivity contribution >= 4 is 55.0 Å². The second-order valence-corrected chi connectivity index (χ2v) is 8.99. The van der Waals surface area contributed by atoms with Crippen LogP contribution < -0.4 is 14.6 Å². The average Bonchev–Trinajstić information content (AvgIpc) is 2.52. The first-order valence-electron chi connectivity index (χ1n) is 6.88. The molecule has 0 aromatic heterocycles. The van der Waals surface area contributed by atoms with Gasteiger partial charge in [-0.3, -0.25) is 4.72 Å². The number of ether oxygens (including phenoxy) is 1. The second-order valence-electron chi connectivity index (χ2n) is 5.02. The van der Waals surface area contributed by atoms with E-state index in [-0.39, 0.29) is 10.7 Å². The Kier molecular flexibility index (Phi) is 6.20. The number of sulfonamides is 2. The van der Waals surface area contributed by atoms with E-state index in [0.29, 0.717) is 16.3 Å². The maximum absolute atomic E-state index is 12.3.